The highest BCUT2D eigenvalue weighted by atomic mass is 16.5. The third-order valence-corrected chi connectivity index (χ3v) is 3.80. The number of urea groups is 1. The first-order valence-corrected chi connectivity index (χ1v) is 7.23. The van der Waals surface area contributed by atoms with Crippen LogP contribution >= 0.6 is 0 Å². The van der Waals surface area contributed by atoms with Crippen LogP contribution in [0.1, 0.15) is 23.4 Å². The fourth-order valence-corrected chi connectivity index (χ4v) is 2.56. The summed E-state index contributed by atoms with van der Waals surface area (Å²) < 4.78 is 6.67. The number of imide groups is 1. The van der Waals surface area contributed by atoms with E-state index in [0.717, 1.165) is 16.2 Å². The highest BCUT2D eigenvalue weighted by molar-refractivity contribution is 6.21. The van der Waals surface area contributed by atoms with E-state index < -0.39 is 23.9 Å². The van der Waals surface area contributed by atoms with Crippen molar-refractivity contribution in [1.29, 1.82) is 0 Å². The third kappa shape index (κ3) is 2.73. The van der Waals surface area contributed by atoms with Crippen molar-refractivity contribution < 1.29 is 18.9 Å². The number of carbonyl (C=O) groups is 3. The minimum Gasteiger partial charge on any atom is -0.370 e. The first-order valence-electron chi connectivity index (χ1n) is 7.23. The van der Waals surface area contributed by atoms with E-state index in [1.807, 2.05) is 6.92 Å². The van der Waals surface area contributed by atoms with E-state index in [1.54, 1.807) is 17.8 Å². The molecule has 3 rings (SSSR count). The lowest BCUT2D eigenvalue weighted by Gasteiger charge is -2.09. The first-order chi connectivity index (χ1) is 11.4. The highest BCUT2D eigenvalue weighted by Crippen LogP contribution is 2.21. The zero-order chi connectivity index (χ0) is 17.4. The molecule has 0 saturated carbocycles. The second kappa shape index (κ2) is 5.80. The summed E-state index contributed by atoms with van der Waals surface area (Å²) in [5.41, 5.74) is 7.03. The number of aromatic nitrogens is 3. The molecule has 0 aliphatic carbocycles. The van der Waals surface area contributed by atoms with Crippen molar-refractivity contribution >= 4 is 23.5 Å². The predicted octanol–water partition coefficient (Wildman–Crippen LogP) is -0.164. The molecular formula is C14H16N6O4. The molecule has 1 atom stereocenters. The first kappa shape index (κ1) is 15.7. The lowest BCUT2D eigenvalue weighted by Crippen LogP contribution is -2.34. The Morgan fingerprint density at radius 1 is 1.42 bits per heavy atom. The third-order valence-electron chi connectivity index (χ3n) is 3.80. The van der Waals surface area contributed by atoms with Crippen LogP contribution in [0, 0.1) is 13.8 Å². The molecule has 126 valence electrons. The molecule has 1 aliphatic rings. The van der Waals surface area contributed by atoms with Crippen molar-refractivity contribution in [2.24, 2.45) is 5.73 Å². The van der Waals surface area contributed by atoms with E-state index in [0.29, 0.717) is 18.0 Å². The van der Waals surface area contributed by atoms with Gasteiger partial charge in [-0.15, -0.1) is 0 Å². The van der Waals surface area contributed by atoms with Gasteiger partial charge in [0.15, 0.2) is 0 Å². The number of amides is 4. The van der Waals surface area contributed by atoms with Crippen LogP contribution in [0.3, 0.4) is 0 Å². The van der Waals surface area contributed by atoms with Gasteiger partial charge >= 0.3 is 6.03 Å². The lowest BCUT2D eigenvalue weighted by atomic mass is 10.2. The van der Waals surface area contributed by atoms with Gasteiger partial charge in [-0.3, -0.25) is 14.3 Å². The van der Waals surface area contributed by atoms with Gasteiger partial charge in [-0.05, 0) is 13.8 Å². The van der Waals surface area contributed by atoms with Gasteiger partial charge in [-0.25, -0.2) is 9.69 Å². The zero-order valence-corrected chi connectivity index (χ0v) is 13.1. The number of hydrogen-bond donors (Lipinski definition) is 2. The second-order valence-electron chi connectivity index (χ2n) is 5.54. The average molecular weight is 332 g/mol. The summed E-state index contributed by atoms with van der Waals surface area (Å²) in [5.74, 6) is -0.513. The Labute approximate surface area is 136 Å². The van der Waals surface area contributed by atoms with E-state index in [4.69, 9.17) is 10.3 Å². The van der Waals surface area contributed by atoms with E-state index in [1.165, 1.54) is 6.20 Å². The Kier molecular flexibility index (Phi) is 3.80. The van der Waals surface area contributed by atoms with Crippen LogP contribution in [0.25, 0.3) is 0 Å². The van der Waals surface area contributed by atoms with Crippen LogP contribution in [0.4, 0.5) is 10.5 Å². The number of nitrogens with one attached hydrogen (secondary N) is 1. The van der Waals surface area contributed by atoms with E-state index >= 15 is 0 Å². The van der Waals surface area contributed by atoms with E-state index in [2.05, 4.69) is 15.6 Å². The van der Waals surface area contributed by atoms with Crippen LogP contribution < -0.4 is 16.0 Å². The molecule has 24 heavy (non-hydrogen) atoms. The minimum atomic E-state index is -0.944. The van der Waals surface area contributed by atoms with Crippen molar-refractivity contribution in [3.8, 4) is 0 Å². The average Bonchev–Trinajstić information content (AvgIpc) is 3.15. The summed E-state index contributed by atoms with van der Waals surface area (Å²) in [6.45, 7) is 4.02. The van der Waals surface area contributed by atoms with E-state index in [-0.39, 0.29) is 6.42 Å². The maximum atomic E-state index is 12.3. The molecule has 3 heterocycles. The Hall–Kier alpha value is -3.17. The van der Waals surface area contributed by atoms with Gasteiger partial charge in [0.05, 0.1) is 30.5 Å². The topological polar surface area (TPSA) is 136 Å². The van der Waals surface area contributed by atoms with Crippen molar-refractivity contribution in [2.45, 2.75) is 32.9 Å². The molecule has 0 radical (unpaired) electrons. The highest BCUT2D eigenvalue weighted by Gasteiger charge is 2.40. The molecule has 1 fully saturated rings. The number of nitrogens with zero attached hydrogens (tertiary/aromatic N) is 4. The molecule has 1 unspecified atom stereocenters. The Morgan fingerprint density at radius 3 is 2.79 bits per heavy atom. The molecule has 0 bridgehead atoms. The molecule has 10 heteroatoms. The summed E-state index contributed by atoms with van der Waals surface area (Å²) in [6.07, 6.45) is 2.73. The molecule has 3 N–H and O–H groups in total. The van der Waals surface area contributed by atoms with Crippen molar-refractivity contribution in [2.75, 3.05) is 4.90 Å². The van der Waals surface area contributed by atoms with E-state index in [9.17, 15) is 14.4 Å². The fraction of sp³-hybridized carbons (Fsp3) is 0.357. The molecule has 0 aromatic carbocycles. The normalized spacial score (nSPS) is 17.4. The van der Waals surface area contributed by atoms with Crippen LogP contribution in [0.15, 0.2) is 16.9 Å². The maximum Gasteiger partial charge on any atom is 0.329 e. The predicted molar refractivity (Wildman–Crippen MR) is 80.9 cm³/mol. The van der Waals surface area contributed by atoms with Crippen molar-refractivity contribution in [3.05, 3.63) is 29.4 Å². The molecule has 10 nitrogen and oxygen atoms in total. The standard InChI is InChI=1S/C14H16N6O4/c1-7-10(8(2)24-18-7)6-19-5-9(4-16-19)20-13(22)11(3-12(15)21)17-14(20)23/h4-5,11H,3,6H2,1-2H3,(H2,15,21)(H,17,23). The number of primary amides is 1. The summed E-state index contributed by atoms with van der Waals surface area (Å²) in [4.78, 5) is 36.2. The fourth-order valence-electron chi connectivity index (χ4n) is 2.56. The van der Waals surface area contributed by atoms with Gasteiger partial charge in [-0.2, -0.15) is 5.10 Å². The summed E-state index contributed by atoms with van der Waals surface area (Å²) >= 11 is 0. The summed E-state index contributed by atoms with van der Waals surface area (Å²) in [7, 11) is 0. The second-order valence-corrected chi connectivity index (χ2v) is 5.54. The van der Waals surface area contributed by atoms with Gasteiger partial charge < -0.3 is 15.6 Å². The number of anilines is 1. The molecule has 1 saturated heterocycles. The Balaban J connectivity index is 1.79. The van der Waals surface area contributed by atoms with Gasteiger partial charge in [0.25, 0.3) is 5.91 Å². The number of nitrogens with two attached hydrogens (primary N) is 1. The molecule has 4 amide bonds. The van der Waals surface area contributed by atoms with Crippen LogP contribution in [0.5, 0.6) is 0 Å². The monoisotopic (exact) mass is 332 g/mol. The van der Waals surface area contributed by atoms with Crippen LogP contribution in [0.2, 0.25) is 0 Å². The maximum absolute atomic E-state index is 12.3. The SMILES string of the molecule is Cc1noc(C)c1Cn1cc(N2C(=O)NC(CC(N)=O)C2=O)cn1. The number of aryl methyl sites for hydroxylation is 2. The van der Waals surface area contributed by atoms with Gasteiger partial charge in [0, 0.05) is 11.8 Å². The molecule has 2 aromatic rings. The Morgan fingerprint density at radius 2 is 2.17 bits per heavy atom. The number of carbonyl (C=O) groups excluding carboxylic acids is 3. The van der Waals surface area contributed by atoms with Crippen molar-refractivity contribution in [1.82, 2.24) is 20.3 Å². The Bertz CT molecular complexity index is 804. The van der Waals surface area contributed by atoms with Gasteiger partial charge in [-0.1, -0.05) is 5.16 Å². The number of hydrogen-bond acceptors (Lipinski definition) is 6. The zero-order valence-electron chi connectivity index (χ0n) is 13.1. The smallest absolute Gasteiger partial charge is 0.329 e. The van der Waals surface area contributed by atoms with Gasteiger partial charge in [0.1, 0.15) is 11.8 Å². The minimum absolute atomic E-state index is 0.242. The van der Waals surface area contributed by atoms with Gasteiger partial charge in [0.2, 0.25) is 5.91 Å². The number of rotatable bonds is 5. The quantitative estimate of drug-likeness (QED) is 0.730. The molecule has 1 aliphatic heterocycles. The van der Waals surface area contributed by atoms with Crippen LogP contribution in [-0.4, -0.2) is 38.8 Å². The molecular weight excluding hydrogens is 316 g/mol. The summed E-state index contributed by atoms with van der Waals surface area (Å²) in [5, 5.41) is 10.5. The van der Waals surface area contributed by atoms with Crippen LogP contribution in [-0.2, 0) is 16.1 Å². The molecule has 2 aromatic heterocycles. The largest absolute Gasteiger partial charge is 0.370 e. The van der Waals surface area contributed by atoms with Crippen molar-refractivity contribution in [3.63, 3.8) is 0 Å². The summed E-state index contributed by atoms with van der Waals surface area (Å²) in [6, 6.07) is -1.55. The molecule has 0 spiro atoms. The lowest BCUT2D eigenvalue weighted by molar-refractivity contribution is -0.123.